The van der Waals surface area contributed by atoms with Crippen LogP contribution in [-0.2, 0) is 0 Å². The van der Waals surface area contributed by atoms with E-state index in [2.05, 4.69) is 38.2 Å². The van der Waals surface area contributed by atoms with Gasteiger partial charge < -0.3 is 15.1 Å². The van der Waals surface area contributed by atoms with E-state index in [9.17, 15) is 0 Å². The molecule has 0 aromatic carbocycles. The molecule has 19 heavy (non-hydrogen) atoms. The third-order valence-electron chi connectivity index (χ3n) is 4.29. The summed E-state index contributed by atoms with van der Waals surface area (Å²) in [5.41, 5.74) is 0. The molecule has 0 atom stereocenters. The zero-order valence-corrected chi connectivity index (χ0v) is 11.7. The first-order valence-electron chi connectivity index (χ1n) is 7.35. The van der Waals surface area contributed by atoms with Crippen molar-refractivity contribution < 1.29 is 0 Å². The van der Waals surface area contributed by atoms with Crippen LogP contribution in [0.4, 0.5) is 11.6 Å². The van der Waals surface area contributed by atoms with Gasteiger partial charge >= 0.3 is 0 Å². The average Bonchev–Trinajstić information content (AvgIpc) is 3.02. The monoisotopic (exact) mass is 261 g/mol. The van der Waals surface area contributed by atoms with Crippen LogP contribution in [0.25, 0.3) is 0 Å². The first-order valence-corrected chi connectivity index (χ1v) is 7.35. The fourth-order valence-corrected chi connectivity index (χ4v) is 3.03. The Morgan fingerprint density at radius 1 is 1.21 bits per heavy atom. The van der Waals surface area contributed by atoms with Gasteiger partial charge in [0, 0.05) is 32.2 Å². The lowest BCUT2D eigenvalue weighted by Gasteiger charge is -2.32. The highest BCUT2D eigenvalue weighted by atomic mass is 15.2. The maximum absolute atomic E-state index is 4.45. The highest BCUT2D eigenvalue weighted by Gasteiger charge is 2.20. The van der Waals surface area contributed by atoms with Crippen LogP contribution in [0.2, 0.25) is 0 Å². The van der Waals surface area contributed by atoms with Gasteiger partial charge in [0.2, 0.25) is 0 Å². The van der Waals surface area contributed by atoms with E-state index in [-0.39, 0.29) is 0 Å². The topological polar surface area (TPSA) is 44.3 Å². The van der Waals surface area contributed by atoms with Crippen molar-refractivity contribution in [3.05, 3.63) is 12.4 Å². The van der Waals surface area contributed by atoms with Gasteiger partial charge in [-0.25, -0.2) is 9.97 Å². The van der Waals surface area contributed by atoms with Crippen molar-refractivity contribution in [2.24, 2.45) is 0 Å². The number of nitrogens with one attached hydrogen (secondary N) is 1. The summed E-state index contributed by atoms with van der Waals surface area (Å²) in [5.74, 6) is 2.15. The summed E-state index contributed by atoms with van der Waals surface area (Å²) >= 11 is 0. The molecule has 1 aromatic heterocycles. The number of aromatic nitrogens is 2. The highest BCUT2D eigenvalue weighted by Crippen LogP contribution is 2.23. The Morgan fingerprint density at radius 2 is 1.95 bits per heavy atom. The molecule has 0 amide bonds. The molecular weight excluding hydrogens is 238 g/mol. The van der Waals surface area contributed by atoms with Crippen molar-refractivity contribution in [1.82, 2.24) is 15.3 Å². The van der Waals surface area contributed by atoms with Gasteiger partial charge in [-0.15, -0.1) is 0 Å². The van der Waals surface area contributed by atoms with Crippen molar-refractivity contribution in [3.8, 4) is 0 Å². The molecule has 2 saturated heterocycles. The van der Waals surface area contributed by atoms with Crippen LogP contribution in [0.3, 0.4) is 0 Å². The van der Waals surface area contributed by atoms with Gasteiger partial charge in [0.1, 0.15) is 18.0 Å². The van der Waals surface area contributed by atoms with Crippen LogP contribution < -0.4 is 15.1 Å². The molecule has 5 nitrogen and oxygen atoms in total. The summed E-state index contributed by atoms with van der Waals surface area (Å²) in [7, 11) is 2.16. The zero-order valence-electron chi connectivity index (χ0n) is 11.7. The molecule has 2 fully saturated rings. The Balaban J connectivity index is 1.74. The summed E-state index contributed by atoms with van der Waals surface area (Å²) in [6.07, 6.45) is 6.66. The van der Waals surface area contributed by atoms with Crippen LogP contribution in [0, 0.1) is 0 Å². The van der Waals surface area contributed by atoms with E-state index in [4.69, 9.17) is 0 Å². The lowest BCUT2D eigenvalue weighted by molar-refractivity contribution is 0.441. The van der Waals surface area contributed by atoms with Crippen molar-refractivity contribution in [3.63, 3.8) is 0 Å². The molecule has 104 valence electrons. The van der Waals surface area contributed by atoms with E-state index < -0.39 is 0 Å². The second-order valence-electron chi connectivity index (χ2n) is 5.52. The van der Waals surface area contributed by atoms with Crippen molar-refractivity contribution in [2.75, 3.05) is 43.0 Å². The SMILES string of the molecule is CN(c1cc(N2CCCC2)ncn1)C1CCNCC1. The van der Waals surface area contributed by atoms with Crippen molar-refractivity contribution >= 4 is 11.6 Å². The summed E-state index contributed by atoms with van der Waals surface area (Å²) in [5, 5.41) is 3.41. The molecule has 0 unspecified atom stereocenters. The third kappa shape index (κ3) is 2.81. The number of anilines is 2. The Kier molecular flexibility index (Phi) is 3.82. The van der Waals surface area contributed by atoms with Crippen LogP contribution in [0.15, 0.2) is 12.4 Å². The largest absolute Gasteiger partial charge is 0.356 e. The minimum absolute atomic E-state index is 0.600. The van der Waals surface area contributed by atoms with E-state index in [1.165, 1.54) is 25.7 Å². The summed E-state index contributed by atoms with van der Waals surface area (Å²) in [6.45, 7) is 4.49. The van der Waals surface area contributed by atoms with Gasteiger partial charge in [-0.3, -0.25) is 0 Å². The molecule has 2 aliphatic rings. The zero-order chi connectivity index (χ0) is 13.1. The molecule has 5 heteroatoms. The third-order valence-corrected chi connectivity index (χ3v) is 4.29. The molecule has 0 saturated carbocycles. The first kappa shape index (κ1) is 12.7. The molecule has 0 radical (unpaired) electrons. The minimum atomic E-state index is 0.600. The second-order valence-corrected chi connectivity index (χ2v) is 5.52. The molecular formula is C14H23N5. The Bertz CT molecular complexity index is 410. The van der Waals surface area contributed by atoms with E-state index >= 15 is 0 Å². The number of nitrogens with zero attached hydrogens (tertiary/aromatic N) is 4. The minimum Gasteiger partial charge on any atom is -0.356 e. The van der Waals surface area contributed by atoms with E-state index in [1.54, 1.807) is 6.33 Å². The van der Waals surface area contributed by atoms with Crippen LogP contribution in [0.1, 0.15) is 25.7 Å². The number of piperidine rings is 1. The van der Waals surface area contributed by atoms with E-state index in [0.717, 1.165) is 37.8 Å². The quantitative estimate of drug-likeness (QED) is 0.887. The van der Waals surface area contributed by atoms with Crippen LogP contribution >= 0.6 is 0 Å². The average molecular weight is 261 g/mol. The smallest absolute Gasteiger partial charge is 0.134 e. The van der Waals surface area contributed by atoms with Crippen molar-refractivity contribution in [1.29, 1.82) is 0 Å². The predicted octanol–water partition coefficient (Wildman–Crippen LogP) is 1.26. The van der Waals surface area contributed by atoms with Gasteiger partial charge in [0.05, 0.1) is 0 Å². The number of hydrogen-bond donors (Lipinski definition) is 1. The molecule has 3 rings (SSSR count). The summed E-state index contributed by atoms with van der Waals surface area (Å²) in [4.78, 5) is 13.6. The molecule has 0 bridgehead atoms. The lowest BCUT2D eigenvalue weighted by Crippen LogP contribution is -2.41. The standard InChI is InChI=1S/C14H23N5/c1-18(12-4-6-15-7-5-12)13-10-14(17-11-16-13)19-8-2-3-9-19/h10-12,15H,2-9H2,1H3. The maximum Gasteiger partial charge on any atom is 0.134 e. The van der Waals surface area contributed by atoms with Gasteiger partial charge in [-0.05, 0) is 38.8 Å². The summed E-state index contributed by atoms with van der Waals surface area (Å²) < 4.78 is 0. The molecule has 0 aliphatic carbocycles. The predicted molar refractivity (Wildman–Crippen MR) is 77.8 cm³/mol. The van der Waals surface area contributed by atoms with E-state index in [1.807, 2.05) is 0 Å². The van der Waals surface area contributed by atoms with Gasteiger partial charge in [0.25, 0.3) is 0 Å². The van der Waals surface area contributed by atoms with Gasteiger partial charge in [-0.1, -0.05) is 0 Å². The van der Waals surface area contributed by atoms with Crippen LogP contribution in [0.5, 0.6) is 0 Å². The van der Waals surface area contributed by atoms with Crippen molar-refractivity contribution in [2.45, 2.75) is 31.7 Å². The second kappa shape index (κ2) is 5.74. The number of rotatable bonds is 3. The summed E-state index contributed by atoms with van der Waals surface area (Å²) in [6, 6.07) is 2.75. The first-order chi connectivity index (χ1) is 9.34. The molecule has 0 spiro atoms. The fourth-order valence-electron chi connectivity index (χ4n) is 3.03. The fraction of sp³-hybridized carbons (Fsp3) is 0.714. The molecule has 1 aromatic rings. The normalized spacial score (nSPS) is 20.8. The maximum atomic E-state index is 4.45. The van der Waals surface area contributed by atoms with Gasteiger partial charge in [-0.2, -0.15) is 0 Å². The molecule has 1 N–H and O–H groups in total. The number of hydrogen-bond acceptors (Lipinski definition) is 5. The van der Waals surface area contributed by atoms with Crippen LogP contribution in [-0.4, -0.2) is 49.2 Å². The Labute approximate surface area is 115 Å². The highest BCUT2D eigenvalue weighted by molar-refractivity contribution is 5.50. The molecule has 3 heterocycles. The lowest BCUT2D eigenvalue weighted by atomic mass is 10.1. The molecule has 2 aliphatic heterocycles. The van der Waals surface area contributed by atoms with E-state index in [0.29, 0.717) is 6.04 Å². The Hall–Kier alpha value is -1.36. The van der Waals surface area contributed by atoms with Gasteiger partial charge in [0.15, 0.2) is 0 Å². The Morgan fingerprint density at radius 3 is 2.68 bits per heavy atom.